The second-order valence-electron chi connectivity index (χ2n) is 24.3. The normalized spacial score (nSPS) is 24.1. The van der Waals surface area contributed by atoms with Gasteiger partial charge >= 0.3 is 0 Å². The van der Waals surface area contributed by atoms with Gasteiger partial charge in [0.1, 0.15) is 48.8 Å². The van der Waals surface area contributed by atoms with E-state index in [1.54, 1.807) is 6.08 Å². The largest absolute Gasteiger partial charge is 0.394 e. The third-order valence-corrected chi connectivity index (χ3v) is 16.8. The average molecular weight is 1170 g/mol. The minimum atomic E-state index is -1.79. The number of hydrogen-bond donors (Lipinski definition) is 9. The molecule has 2 fully saturated rings. The number of carbonyl (C=O) groups excluding carboxylic acids is 1. The Labute approximate surface area is 500 Å². The van der Waals surface area contributed by atoms with Crippen molar-refractivity contribution in [2.75, 3.05) is 19.8 Å². The Morgan fingerprint density at radius 2 is 0.780 bits per heavy atom. The first-order valence-corrected chi connectivity index (χ1v) is 34.2. The van der Waals surface area contributed by atoms with Crippen LogP contribution in [0.25, 0.3) is 0 Å². The standard InChI is InChI=1S/C68H127NO13/c1-3-5-7-9-11-13-15-17-19-20-21-22-23-24-25-26-27-28-29-30-31-32-33-34-35-36-38-40-42-44-46-48-50-52-60(73)69-56(57(72)51-49-47-45-43-41-39-37-18-16-14-12-10-8-6-4-2)55-79-67-65(78)63(76)66(59(54-71)81-67)82-68-64(77)62(75)61(74)58(53-70)80-68/h20-21,41,43,49,51,56-59,61-68,70-72,74-78H,3-19,22-40,42,44-48,50,52-55H2,1-2H3,(H,69,73)/b21-20-,43-41+,51-49+. The number of allylic oxidation sites excluding steroid dienone is 5. The molecule has 482 valence electrons. The zero-order valence-corrected chi connectivity index (χ0v) is 52.2. The van der Waals surface area contributed by atoms with Gasteiger partial charge in [-0.05, 0) is 57.8 Å². The van der Waals surface area contributed by atoms with Gasteiger partial charge in [-0.15, -0.1) is 0 Å². The molecule has 0 aromatic rings. The molecule has 0 saturated carbocycles. The molecule has 0 spiro atoms. The third-order valence-electron chi connectivity index (χ3n) is 16.8. The molecule has 0 bridgehead atoms. The van der Waals surface area contributed by atoms with Gasteiger partial charge in [0.15, 0.2) is 12.6 Å². The summed E-state index contributed by atoms with van der Waals surface area (Å²) in [4.78, 5) is 13.3. The van der Waals surface area contributed by atoms with Crippen molar-refractivity contribution in [1.29, 1.82) is 0 Å². The van der Waals surface area contributed by atoms with E-state index in [9.17, 15) is 45.6 Å². The summed E-state index contributed by atoms with van der Waals surface area (Å²) in [6.45, 7) is 2.80. The van der Waals surface area contributed by atoms with Crippen LogP contribution in [-0.2, 0) is 23.7 Å². The van der Waals surface area contributed by atoms with Gasteiger partial charge in [-0.3, -0.25) is 4.79 Å². The summed E-state index contributed by atoms with van der Waals surface area (Å²) in [5, 5.41) is 87.2. The quantitative estimate of drug-likeness (QED) is 0.0204. The van der Waals surface area contributed by atoms with Gasteiger partial charge in [0.2, 0.25) is 5.91 Å². The topological polar surface area (TPSA) is 228 Å². The molecule has 12 atom stereocenters. The maximum atomic E-state index is 13.3. The van der Waals surface area contributed by atoms with E-state index in [2.05, 4.69) is 43.5 Å². The number of hydrogen-bond acceptors (Lipinski definition) is 13. The fourth-order valence-electron chi connectivity index (χ4n) is 11.3. The zero-order chi connectivity index (χ0) is 59.5. The summed E-state index contributed by atoms with van der Waals surface area (Å²) in [5.41, 5.74) is 0. The summed E-state index contributed by atoms with van der Waals surface area (Å²) in [6, 6.07) is -0.929. The third kappa shape index (κ3) is 37.7. The van der Waals surface area contributed by atoms with Crippen LogP contribution in [0.4, 0.5) is 0 Å². The van der Waals surface area contributed by atoms with Gasteiger partial charge in [0, 0.05) is 6.42 Å². The number of unbranched alkanes of at least 4 members (excludes halogenated alkanes) is 39. The minimum Gasteiger partial charge on any atom is -0.394 e. The van der Waals surface area contributed by atoms with Crippen LogP contribution in [0.2, 0.25) is 0 Å². The molecule has 82 heavy (non-hydrogen) atoms. The molecular formula is C68H127NO13. The maximum absolute atomic E-state index is 13.3. The van der Waals surface area contributed by atoms with Crippen LogP contribution < -0.4 is 5.32 Å². The first-order chi connectivity index (χ1) is 40.1. The molecule has 2 aliphatic heterocycles. The van der Waals surface area contributed by atoms with Gasteiger partial charge in [-0.2, -0.15) is 0 Å². The molecule has 0 radical (unpaired) electrons. The highest BCUT2D eigenvalue weighted by Gasteiger charge is 2.51. The van der Waals surface area contributed by atoms with Crippen LogP contribution in [0.3, 0.4) is 0 Å². The van der Waals surface area contributed by atoms with Crippen LogP contribution in [-0.4, -0.2) is 140 Å². The van der Waals surface area contributed by atoms with E-state index >= 15 is 0 Å². The van der Waals surface area contributed by atoms with E-state index < -0.39 is 86.8 Å². The van der Waals surface area contributed by atoms with Crippen molar-refractivity contribution in [3.05, 3.63) is 36.5 Å². The Morgan fingerprint density at radius 3 is 1.20 bits per heavy atom. The summed E-state index contributed by atoms with van der Waals surface area (Å²) in [7, 11) is 0. The van der Waals surface area contributed by atoms with Crippen molar-refractivity contribution in [3.8, 4) is 0 Å². The number of rotatable bonds is 56. The van der Waals surface area contributed by atoms with Crippen molar-refractivity contribution in [1.82, 2.24) is 5.32 Å². The van der Waals surface area contributed by atoms with Crippen molar-refractivity contribution in [3.63, 3.8) is 0 Å². The zero-order valence-electron chi connectivity index (χ0n) is 52.2. The molecule has 14 heteroatoms. The minimum absolute atomic E-state index is 0.245. The number of amides is 1. The summed E-state index contributed by atoms with van der Waals surface area (Å²) >= 11 is 0. The molecule has 1 amide bonds. The van der Waals surface area contributed by atoms with E-state index in [1.807, 2.05) is 6.08 Å². The molecule has 12 unspecified atom stereocenters. The average Bonchev–Trinajstić information content (AvgIpc) is 3.60. The smallest absolute Gasteiger partial charge is 0.220 e. The van der Waals surface area contributed by atoms with Gasteiger partial charge in [-0.25, -0.2) is 0 Å². The predicted molar refractivity (Wildman–Crippen MR) is 332 cm³/mol. The Kier molecular flexibility index (Phi) is 49.7. The van der Waals surface area contributed by atoms with E-state index in [-0.39, 0.29) is 18.9 Å². The Balaban J connectivity index is 1.63. The first kappa shape index (κ1) is 76.3. The number of aliphatic hydroxyl groups is 8. The highest BCUT2D eigenvalue weighted by Crippen LogP contribution is 2.30. The van der Waals surface area contributed by atoms with Crippen molar-refractivity contribution in [2.24, 2.45) is 0 Å². The van der Waals surface area contributed by atoms with E-state index in [4.69, 9.17) is 18.9 Å². The van der Waals surface area contributed by atoms with Gasteiger partial charge in [0.25, 0.3) is 0 Å². The Morgan fingerprint density at radius 1 is 0.427 bits per heavy atom. The lowest BCUT2D eigenvalue weighted by atomic mass is 9.97. The van der Waals surface area contributed by atoms with Crippen LogP contribution in [0.1, 0.15) is 296 Å². The molecule has 0 aliphatic carbocycles. The second kappa shape index (κ2) is 53.4. The van der Waals surface area contributed by atoms with E-state index in [0.29, 0.717) is 12.8 Å². The van der Waals surface area contributed by atoms with Crippen LogP contribution in [0, 0.1) is 0 Å². The molecule has 2 saturated heterocycles. The van der Waals surface area contributed by atoms with Crippen LogP contribution >= 0.6 is 0 Å². The first-order valence-electron chi connectivity index (χ1n) is 34.2. The van der Waals surface area contributed by atoms with Gasteiger partial charge in [0.05, 0.1) is 32.0 Å². The number of aliphatic hydroxyl groups excluding tert-OH is 8. The highest BCUT2D eigenvalue weighted by molar-refractivity contribution is 5.76. The molecule has 0 aromatic heterocycles. The second-order valence-corrected chi connectivity index (χ2v) is 24.3. The SMILES string of the molecule is CCCCCCCCCC/C=C\CCCCCCCCCCCCCCCCCCCCCCCC(=O)NC(COC1OC(CO)C(OC2OC(CO)C(O)C(O)C2O)C(O)C1O)C(O)/C=C/CC/C=C/CCCCCCCCCCC. The molecule has 14 nitrogen and oxygen atoms in total. The monoisotopic (exact) mass is 1170 g/mol. The van der Waals surface area contributed by atoms with Crippen LogP contribution in [0.15, 0.2) is 36.5 Å². The van der Waals surface area contributed by atoms with Crippen molar-refractivity contribution >= 4 is 5.91 Å². The van der Waals surface area contributed by atoms with E-state index in [1.165, 1.54) is 231 Å². The Bertz CT molecular complexity index is 1510. The van der Waals surface area contributed by atoms with Gasteiger partial charge < -0.3 is 65.1 Å². The molecule has 2 heterocycles. The molecular weight excluding hydrogens is 1040 g/mol. The van der Waals surface area contributed by atoms with E-state index in [0.717, 1.165) is 32.1 Å². The lowest BCUT2D eigenvalue weighted by Gasteiger charge is -2.46. The predicted octanol–water partition coefficient (Wildman–Crippen LogP) is 13.3. The molecule has 2 rings (SSSR count). The number of carbonyl (C=O) groups is 1. The van der Waals surface area contributed by atoms with Gasteiger partial charge in [-0.1, -0.05) is 269 Å². The van der Waals surface area contributed by atoms with Crippen LogP contribution in [0.5, 0.6) is 0 Å². The summed E-state index contributed by atoms with van der Waals surface area (Å²) in [5.74, 6) is -0.245. The molecule has 2 aliphatic rings. The summed E-state index contributed by atoms with van der Waals surface area (Å²) < 4.78 is 22.8. The summed E-state index contributed by atoms with van der Waals surface area (Å²) in [6.07, 6.45) is 50.8. The van der Waals surface area contributed by atoms with Crippen molar-refractivity contribution < 1.29 is 64.6 Å². The number of nitrogens with one attached hydrogen (secondary N) is 1. The fourth-order valence-corrected chi connectivity index (χ4v) is 11.3. The molecule has 9 N–H and O–H groups in total. The lowest BCUT2D eigenvalue weighted by molar-refractivity contribution is -0.359. The fraction of sp³-hybridized carbons (Fsp3) is 0.897. The molecule has 0 aromatic carbocycles. The maximum Gasteiger partial charge on any atom is 0.220 e. The lowest BCUT2D eigenvalue weighted by Crippen LogP contribution is -2.65. The number of ether oxygens (including phenoxy) is 4. The Hall–Kier alpha value is -1.79. The van der Waals surface area contributed by atoms with Crippen molar-refractivity contribution in [2.45, 2.75) is 370 Å². The highest BCUT2D eigenvalue weighted by atomic mass is 16.7.